The highest BCUT2D eigenvalue weighted by atomic mass is 19.1. The van der Waals surface area contributed by atoms with Crippen molar-refractivity contribution in [3.8, 4) is 0 Å². The van der Waals surface area contributed by atoms with Crippen molar-refractivity contribution in [1.82, 2.24) is 0 Å². The van der Waals surface area contributed by atoms with Crippen molar-refractivity contribution in [2.24, 2.45) is 0 Å². The molecule has 130 valence electrons. The Kier molecular flexibility index (Phi) is 3.87. The topological polar surface area (TPSA) is 26.3 Å². The molecule has 0 heterocycles. The van der Waals surface area contributed by atoms with Crippen molar-refractivity contribution < 1.29 is 13.9 Å². The van der Waals surface area contributed by atoms with Crippen LogP contribution < -0.4 is 0 Å². The number of benzene rings is 3. The molecule has 1 unspecified atom stereocenters. The first-order chi connectivity index (χ1) is 12.5. The molecule has 0 aliphatic heterocycles. The van der Waals surface area contributed by atoms with Crippen LogP contribution in [0.15, 0.2) is 61.2 Å². The van der Waals surface area contributed by atoms with Gasteiger partial charge < -0.3 is 4.74 Å². The smallest absolute Gasteiger partial charge is 0.339 e. The number of carbonyl (C=O) groups excluding carboxylic acids is 1. The molecule has 3 aromatic carbocycles. The zero-order valence-electron chi connectivity index (χ0n) is 14.6. The van der Waals surface area contributed by atoms with E-state index in [4.69, 9.17) is 4.74 Å². The second kappa shape index (κ2) is 6.10. The maximum absolute atomic E-state index is 14.0. The molecule has 1 aliphatic rings. The average Bonchev–Trinajstić information content (AvgIpc) is 2.98. The molecule has 2 nitrogen and oxygen atoms in total. The van der Waals surface area contributed by atoms with Crippen molar-refractivity contribution in [3.63, 3.8) is 0 Å². The monoisotopic (exact) mass is 346 g/mol. The summed E-state index contributed by atoms with van der Waals surface area (Å²) < 4.78 is 20.0. The summed E-state index contributed by atoms with van der Waals surface area (Å²) >= 11 is 0. The van der Waals surface area contributed by atoms with E-state index in [0.717, 1.165) is 21.9 Å². The number of ether oxygens (including phenoxy) is 1. The van der Waals surface area contributed by atoms with E-state index in [-0.39, 0.29) is 5.82 Å². The maximum atomic E-state index is 14.0. The van der Waals surface area contributed by atoms with Crippen LogP contribution in [0.4, 0.5) is 4.39 Å². The van der Waals surface area contributed by atoms with E-state index in [1.165, 1.54) is 6.07 Å². The minimum Gasteiger partial charge on any atom is -0.451 e. The fourth-order valence-corrected chi connectivity index (χ4v) is 3.85. The van der Waals surface area contributed by atoms with Crippen molar-refractivity contribution in [2.75, 3.05) is 0 Å². The van der Waals surface area contributed by atoms with E-state index in [2.05, 4.69) is 6.58 Å². The van der Waals surface area contributed by atoms with Gasteiger partial charge in [0.2, 0.25) is 0 Å². The summed E-state index contributed by atoms with van der Waals surface area (Å²) in [7, 11) is 0. The highest BCUT2D eigenvalue weighted by Gasteiger charge is 2.39. The van der Waals surface area contributed by atoms with Gasteiger partial charge in [0.25, 0.3) is 0 Å². The van der Waals surface area contributed by atoms with Gasteiger partial charge in [-0.15, -0.1) is 0 Å². The number of rotatable bonds is 3. The highest BCUT2D eigenvalue weighted by molar-refractivity contribution is 6.06. The van der Waals surface area contributed by atoms with Crippen LogP contribution in [0, 0.1) is 5.82 Å². The third kappa shape index (κ3) is 2.51. The van der Waals surface area contributed by atoms with E-state index >= 15 is 0 Å². The van der Waals surface area contributed by atoms with Crippen molar-refractivity contribution in [1.29, 1.82) is 0 Å². The molecule has 0 N–H and O–H groups in total. The lowest BCUT2D eigenvalue weighted by Crippen LogP contribution is -2.26. The van der Waals surface area contributed by atoms with Gasteiger partial charge in [-0.05, 0) is 53.8 Å². The Morgan fingerprint density at radius 2 is 1.88 bits per heavy atom. The van der Waals surface area contributed by atoms with Crippen molar-refractivity contribution in [2.45, 2.75) is 25.4 Å². The van der Waals surface area contributed by atoms with E-state index < -0.39 is 11.6 Å². The summed E-state index contributed by atoms with van der Waals surface area (Å²) in [5, 5.41) is 1.79. The Morgan fingerprint density at radius 1 is 1.12 bits per heavy atom. The number of esters is 1. The summed E-state index contributed by atoms with van der Waals surface area (Å²) in [4.78, 5) is 13.0. The molecule has 4 rings (SSSR count). The summed E-state index contributed by atoms with van der Waals surface area (Å²) in [5.74, 6) is -0.625. The molecule has 1 atom stereocenters. The molecule has 0 spiro atoms. The molecule has 3 heteroatoms. The number of halogens is 1. The normalized spacial score (nSPS) is 18.5. The first-order valence-electron chi connectivity index (χ1n) is 8.69. The molecule has 0 saturated carbocycles. The Labute approximate surface area is 151 Å². The fourth-order valence-electron chi connectivity index (χ4n) is 3.85. The second-order valence-corrected chi connectivity index (χ2v) is 6.84. The van der Waals surface area contributed by atoms with Gasteiger partial charge in [0.1, 0.15) is 11.4 Å². The first kappa shape index (κ1) is 16.5. The van der Waals surface area contributed by atoms with Crippen LogP contribution in [0.2, 0.25) is 0 Å². The molecule has 0 amide bonds. The van der Waals surface area contributed by atoms with Crippen LogP contribution in [-0.2, 0) is 16.8 Å². The van der Waals surface area contributed by atoms with Gasteiger partial charge in [0.15, 0.2) is 0 Å². The van der Waals surface area contributed by atoms with Crippen molar-refractivity contribution in [3.05, 3.63) is 89.2 Å². The standard InChI is InChI=1S/C23H19FO2/c1-3-15-11-12-18(17-8-5-4-7-16(15)17)22(25)26-23(2)14-13-19-20(23)9-6-10-21(19)24/h3-12H,1,13-14H2,2H3. The van der Waals surface area contributed by atoms with Crippen LogP contribution in [0.3, 0.4) is 0 Å². The second-order valence-electron chi connectivity index (χ2n) is 6.84. The first-order valence-corrected chi connectivity index (χ1v) is 8.69. The lowest BCUT2D eigenvalue weighted by atomic mass is 9.96. The largest absolute Gasteiger partial charge is 0.451 e. The number of fused-ring (bicyclic) bond motifs is 2. The van der Waals surface area contributed by atoms with Crippen molar-refractivity contribution >= 4 is 22.8 Å². The zero-order valence-corrected chi connectivity index (χ0v) is 14.6. The van der Waals surface area contributed by atoms with Crippen LogP contribution >= 0.6 is 0 Å². The Bertz CT molecular complexity index is 1040. The van der Waals surface area contributed by atoms with Crippen LogP contribution in [0.25, 0.3) is 16.8 Å². The summed E-state index contributed by atoms with van der Waals surface area (Å²) in [6.07, 6.45) is 2.92. The predicted molar refractivity (Wildman–Crippen MR) is 102 cm³/mol. The van der Waals surface area contributed by atoms with E-state index in [1.54, 1.807) is 18.2 Å². The Hall–Kier alpha value is -2.94. The third-order valence-corrected chi connectivity index (χ3v) is 5.26. The molecule has 26 heavy (non-hydrogen) atoms. The van der Waals surface area contributed by atoms with Crippen LogP contribution in [-0.4, -0.2) is 5.97 Å². The van der Waals surface area contributed by atoms with Gasteiger partial charge in [-0.2, -0.15) is 0 Å². The van der Waals surface area contributed by atoms with E-state index in [1.807, 2.05) is 43.3 Å². The fraction of sp³-hybridized carbons (Fsp3) is 0.174. The number of carbonyl (C=O) groups is 1. The third-order valence-electron chi connectivity index (χ3n) is 5.26. The van der Waals surface area contributed by atoms with Gasteiger partial charge in [0.05, 0.1) is 5.56 Å². The molecule has 0 aromatic heterocycles. The van der Waals surface area contributed by atoms with Gasteiger partial charge in [-0.25, -0.2) is 9.18 Å². The van der Waals surface area contributed by atoms with Gasteiger partial charge in [0, 0.05) is 5.56 Å². The molecule has 0 saturated heterocycles. The molecule has 0 radical (unpaired) electrons. The summed E-state index contributed by atoms with van der Waals surface area (Å²) in [5.41, 5.74) is 2.08. The maximum Gasteiger partial charge on any atom is 0.339 e. The molecule has 0 fully saturated rings. The van der Waals surface area contributed by atoms with Gasteiger partial charge in [-0.1, -0.05) is 55.1 Å². The Morgan fingerprint density at radius 3 is 2.65 bits per heavy atom. The molecular formula is C23H19FO2. The lowest BCUT2D eigenvalue weighted by Gasteiger charge is -2.26. The minimum absolute atomic E-state index is 0.233. The quantitative estimate of drug-likeness (QED) is 0.574. The number of hydrogen-bond acceptors (Lipinski definition) is 2. The SMILES string of the molecule is C=Cc1ccc(C(=O)OC2(C)CCc3c(F)cccc32)c2ccccc12. The zero-order chi connectivity index (χ0) is 18.3. The molecular weight excluding hydrogens is 327 g/mol. The lowest BCUT2D eigenvalue weighted by molar-refractivity contribution is -0.0109. The predicted octanol–water partition coefficient (Wildman–Crippen LogP) is 5.64. The van der Waals surface area contributed by atoms with Gasteiger partial charge in [-0.3, -0.25) is 0 Å². The highest BCUT2D eigenvalue weighted by Crippen LogP contribution is 2.41. The van der Waals surface area contributed by atoms with Crippen LogP contribution in [0.1, 0.15) is 40.4 Å². The Balaban J connectivity index is 1.74. The summed E-state index contributed by atoms with van der Waals surface area (Å²) in [6, 6.07) is 16.3. The van der Waals surface area contributed by atoms with Crippen LogP contribution in [0.5, 0.6) is 0 Å². The summed E-state index contributed by atoms with van der Waals surface area (Å²) in [6.45, 7) is 5.69. The molecule has 1 aliphatic carbocycles. The number of hydrogen-bond donors (Lipinski definition) is 0. The van der Waals surface area contributed by atoms with Gasteiger partial charge >= 0.3 is 5.97 Å². The molecule has 3 aromatic rings. The van der Waals surface area contributed by atoms with E-state index in [9.17, 15) is 9.18 Å². The molecule has 0 bridgehead atoms. The average molecular weight is 346 g/mol. The van der Waals surface area contributed by atoms with E-state index in [0.29, 0.717) is 24.0 Å². The minimum atomic E-state index is -0.813.